The van der Waals surface area contributed by atoms with E-state index < -0.39 is 36.2 Å². The summed E-state index contributed by atoms with van der Waals surface area (Å²) < 4.78 is 43.3. The van der Waals surface area contributed by atoms with E-state index in [2.05, 4.69) is 10.7 Å². The number of hydrazine groups is 1. The number of carbonyl (C=O) groups is 2. The first kappa shape index (κ1) is 22.7. The molecule has 0 aliphatic carbocycles. The fraction of sp³-hybridized carbons (Fsp3) is 0.333. The molecule has 1 fully saturated rings. The molecule has 2 amide bonds. The van der Waals surface area contributed by atoms with Crippen LogP contribution in [-0.4, -0.2) is 60.9 Å². The first-order chi connectivity index (χ1) is 14.8. The normalized spacial score (nSPS) is 15.9. The zero-order chi connectivity index (χ0) is 22.4. The Kier molecular flexibility index (Phi) is 7.26. The molecule has 166 valence electrons. The van der Waals surface area contributed by atoms with E-state index in [9.17, 15) is 27.9 Å². The Morgan fingerprint density at radius 3 is 2.06 bits per heavy atom. The molecule has 0 spiro atoms. The molecule has 1 unspecified atom stereocenters. The molecule has 0 saturated carbocycles. The van der Waals surface area contributed by atoms with E-state index in [-0.39, 0.29) is 5.56 Å². The Bertz CT molecular complexity index is 896. The van der Waals surface area contributed by atoms with Crippen LogP contribution in [0.5, 0.6) is 0 Å². The van der Waals surface area contributed by atoms with Crippen LogP contribution in [0.25, 0.3) is 11.1 Å². The quantitative estimate of drug-likeness (QED) is 0.642. The van der Waals surface area contributed by atoms with E-state index in [1.807, 2.05) is 0 Å². The molecule has 1 heterocycles. The van der Waals surface area contributed by atoms with Gasteiger partial charge >= 0.3 is 6.18 Å². The largest absolute Gasteiger partial charge is 0.416 e. The summed E-state index contributed by atoms with van der Waals surface area (Å²) in [4.78, 5) is 24.8. The molecule has 0 radical (unpaired) electrons. The maximum absolute atomic E-state index is 12.7. The van der Waals surface area contributed by atoms with Crippen molar-refractivity contribution in [3.05, 3.63) is 59.7 Å². The van der Waals surface area contributed by atoms with Gasteiger partial charge < -0.3 is 15.2 Å². The second-order valence-electron chi connectivity index (χ2n) is 6.94. The minimum atomic E-state index is -4.40. The van der Waals surface area contributed by atoms with Crippen molar-refractivity contribution in [1.29, 1.82) is 0 Å². The van der Waals surface area contributed by atoms with Crippen LogP contribution in [-0.2, 0) is 15.7 Å². The highest BCUT2D eigenvalue weighted by atomic mass is 19.4. The average molecular weight is 437 g/mol. The Morgan fingerprint density at radius 2 is 1.55 bits per heavy atom. The number of halogens is 3. The van der Waals surface area contributed by atoms with Crippen molar-refractivity contribution >= 4 is 11.8 Å². The van der Waals surface area contributed by atoms with Gasteiger partial charge in [-0.3, -0.25) is 15.0 Å². The average Bonchev–Trinajstić information content (AvgIpc) is 2.77. The van der Waals surface area contributed by atoms with Crippen molar-refractivity contribution in [2.24, 2.45) is 0 Å². The summed E-state index contributed by atoms with van der Waals surface area (Å²) in [5, 5.41) is 13.6. The number of benzene rings is 2. The summed E-state index contributed by atoms with van der Waals surface area (Å²) in [6.07, 6.45) is -4.40. The van der Waals surface area contributed by atoms with Gasteiger partial charge in [-0.25, -0.2) is 5.01 Å². The fourth-order valence-electron chi connectivity index (χ4n) is 3.01. The van der Waals surface area contributed by atoms with E-state index in [0.717, 1.165) is 12.1 Å². The van der Waals surface area contributed by atoms with Crippen molar-refractivity contribution < 1.29 is 32.6 Å². The monoisotopic (exact) mass is 437 g/mol. The number of nitrogens with zero attached hydrogens (tertiary/aromatic N) is 1. The molecular formula is C21H22F3N3O4. The van der Waals surface area contributed by atoms with E-state index in [1.165, 1.54) is 24.3 Å². The number of morpholine rings is 1. The lowest BCUT2D eigenvalue weighted by Gasteiger charge is -2.28. The maximum Gasteiger partial charge on any atom is 0.416 e. The number of aliphatic hydroxyl groups is 1. The van der Waals surface area contributed by atoms with Crippen LogP contribution in [0.1, 0.15) is 15.9 Å². The molecule has 1 aliphatic rings. The summed E-state index contributed by atoms with van der Waals surface area (Å²) in [5.74, 6) is -1.10. The van der Waals surface area contributed by atoms with Gasteiger partial charge in [0.2, 0.25) is 0 Å². The number of rotatable bonds is 6. The Morgan fingerprint density at radius 1 is 1.00 bits per heavy atom. The lowest BCUT2D eigenvalue weighted by Crippen LogP contribution is -2.56. The van der Waals surface area contributed by atoms with Crippen LogP contribution in [0.15, 0.2) is 48.5 Å². The van der Waals surface area contributed by atoms with Gasteiger partial charge in [-0.15, -0.1) is 0 Å². The molecule has 1 saturated heterocycles. The number of aliphatic hydroxyl groups excluding tert-OH is 1. The second kappa shape index (κ2) is 9.90. The van der Waals surface area contributed by atoms with Gasteiger partial charge in [0.25, 0.3) is 11.8 Å². The first-order valence-corrected chi connectivity index (χ1v) is 9.60. The molecule has 31 heavy (non-hydrogen) atoms. The summed E-state index contributed by atoms with van der Waals surface area (Å²) in [7, 11) is 0. The molecule has 3 N–H and O–H groups in total. The maximum atomic E-state index is 12.7. The van der Waals surface area contributed by atoms with Crippen molar-refractivity contribution in [2.75, 3.05) is 32.9 Å². The Balaban J connectivity index is 1.61. The van der Waals surface area contributed by atoms with Crippen LogP contribution in [0.2, 0.25) is 0 Å². The van der Waals surface area contributed by atoms with Crippen molar-refractivity contribution in [1.82, 2.24) is 15.8 Å². The van der Waals surface area contributed by atoms with Crippen molar-refractivity contribution in [3.63, 3.8) is 0 Å². The first-order valence-electron chi connectivity index (χ1n) is 9.60. The summed E-state index contributed by atoms with van der Waals surface area (Å²) >= 11 is 0. The smallest absolute Gasteiger partial charge is 0.394 e. The van der Waals surface area contributed by atoms with E-state index >= 15 is 0 Å². The van der Waals surface area contributed by atoms with Crippen LogP contribution in [0.4, 0.5) is 13.2 Å². The predicted molar refractivity (Wildman–Crippen MR) is 106 cm³/mol. The van der Waals surface area contributed by atoms with Gasteiger partial charge in [-0.1, -0.05) is 24.3 Å². The lowest BCUT2D eigenvalue weighted by atomic mass is 10.0. The zero-order valence-corrected chi connectivity index (χ0v) is 16.5. The summed E-state index contributed by atoms with van der Waals surface area (Å²) in [6, 6.07) is 9.76. The number of carbonyl (C=O) groups excluding carboxylic acids is 2. The molecule has 0 bridgehead atoms. The molecule has 3 rings (SSSR count). The van der Waals surface area contributed by atoms with Crippen LogP contribution in [0.3, 0.4) is 0 Å². The molecule has 10 heteroatoms. The van der Waals surface area contributed by atoms with Crippen molar-refractivity contribution in [3.8, 4) is 11.1 Å². The second-order valence-corrected chi connectivity index (χ2v) is 6.94. The van der Waals surface area contributed by atoms with E-state index in [1.54, 1.807) is 17.1 Å². The highest BCUT2D eigenvalue weighted by Crippen LogP contribution is 2.31. The van der Waals surface area contributed by atoms with Crippen LogP contribution >= 0.6 is 0 Å². The minimum absolute atomic E-state index is 0.244. The number of ether oxygens (including phenoxy) is 1. The van der Waals surface area contributed by atoms with Crippen molar-refractivity contribution in [2.45, 2.75) is 12.2 Å². The minimum Gasteiger partial charge on any atom is -0.394 e. The highest BCUT2D eigenvalue weighted by Gasteiger charge is 2.30. The van der Waals surface area contributed by atoms with E-state index in [0.29, 0.717) is 37.4 Å². The number of hydrogen-bond acceptors (Lipinski definition) is 5. The van der Waals surface area contributed by atoms with Crippen LogP contribution < -0.4 is 10.7 Å². The fourth-order valence-corrected chi connectivity index (χ4v) is 3.01. The predicted octanol–water partition coefficient (Wildman–Crippen LogP) is 1.83. The standard InChI is InChI=1S/C21H22F3N3O4/c22-21(23,24)17-7-5-15(6-8-17)14-1-3-16(4-2-14)19(29)25-18(13-28)20(30)26-27-9-11-31-12-10-27/h1-8,18,28H,9-13H2,(H,25,29)(H,26,30). The van der Waals surface area contributed by atoms with Gasteiger partial charge in [0.05, 0.1) is 25.4 Å². The number of hydrogen-bond donors (Lipinski definition) is 3. The Labute approximate surface area is 176 Å². The third kappa shape index (κ3) is 6.03. The van der Waals surface area contributed by atoms with Gasteiger partial charge in [0.1, 0.15) is 6.04 Å². The Hall–Kier alpha value is -2.95. The highest BCUT2D eigenvalue weighted by molar-refractivity contribution is 5.97. The molecule has 1 atom stereocenters. The van der Waals surface area contributed by atoms with Gasteiger partial charge in [0.15, 0.2) is 0 Å². The molecule has 2 aromatic carbocycles. The summed E-state index contributed by atoms with van der Waals surface area (Å²) in [5.41, 5.74) is 3.34. The lowest BCUT2D eigenvalue weighted by molar-refractivity contribution is -0.137. The van der Waals surface area contributed by atoms with Gasteiger partial charge in [-0.2, -0.15) is 13.2 Å². The molecule has 0 aromatic heterocycles. The van der Waals surface area contributed by atoms with Gasteiger partial charge in [0, 0.05) is 18.7 Å². The molecular weight excluding hydrogens is 415 g/mol. The zero-order valence-electron chi connectivity index (χ0n) is 16.5. The van der Waals surface area contributed by atoms with E-state index in [4.69, 9.17) is 4.74 Å². The van der Waals surface area contributed by atoms with Crippen LogP contribution in [0, 0.1) is 0 Å². The molecule has 1 aliphatic heterocycles. The third-order valence-corrected chi connectivity index (χ3v) is 4.78. The van der Waals surface area contributed by atoms with Gasteiger partial charge in [-0.05, 0) is 35.4 Å². The molecule has 2 aromatic rings. The summed E-state index contributed by atoms with van der Waals surface area (Å²) in [6.45, 7) is 1.38. The topological polar surface area (TPSA) is 90.9 Å². The number of alkyl halides is 3. The number of amides is 2. The molecule has 7 nitrogen and oxygen atoms in total. The SMILES string of the molecule is O=C(NC(CO)C(=O)NN1CCOCC1)c1ccc(-c2ccc(C(F)(F)F)cc2)cc1. The third-order valence-electron chi connectivity index (χ3n) is 4.78. The number of nitrogens with one attached hydrogen (secondary N) is 2.